The first kappa shape index (κ1) is 10.8. The van der Waals surface area contributed by atoms with E-state index >= 15 is 0 Å². The van der Waals surface area contributed by atoms with Crippen molar-refractivity contribution >= 4 is 29.1 Å². The Balaban J connectivity index is 2.12. The standard InChI is InChI=1S/C9H10Cl2N2O2/c10-6-5-7(12-8(6)11)9(14)13-1-3-15-4-2-13/h5,12H,1-4H2. The number of amides is 1. The summed E-state index contributed by atoms with van der Waals surface area (Å²) in [4.78, 5) is 16.3. The van der Waals surface area contributed by atoms with Crippen LogP contribution in [0.2, 0.25) is 10.2 Å². The second kappa shape index (κ2) is 4.43. The summed E-state index contributed by atoms with van der Waals surface area (Å²) < 4.78 is 5.16. The van der Waals surface area contributed by atoms with Gasteiger partial charge in [-0.15, -0.1) is 0 Å². The van der Waals surface area contributed by atoms with E-state index in [1.807, 2.05) is 0 Å². The molecule has 1 saturated heterocycles. The van der Waals surface area contributed by atoms with Crippen molar-refractivity contribution in [1.29, 1.82) is 0 Å². The number of carbonyl (C=O) groups excluding carboxylic acids is 1. The summed E-state index contributed by atoms with van der Waals surface area (Å²) in [6.45, 7) is 2.36. The number of ether oxygens (including phenoxy) is 1. The van der Waals surface area contributed by atoms with Crippen molar-refractivity contribution in [3.05, 3.63) is 21.9 Å². The van der Waals surface area contributed by atoms with E-state index in [1.165, 1.54) is 0 Å². The van der Waals surface area contributed by atoms with Gasteiger partial charge >= 0.3 is 0 Å². The first-order chi connectivity index (χ1) is 7.18. The average molecular weight is 249 g/mol. The Kier molecular flexibility index (Phi) is 3.19. The number of rotatable bonds is 1. The lowest BCUT2D eigenvalue weighted by molar-refractivity contribution is 0.0299. The zero-order valence-corrected chi connectivity index (χ0v) is 9.44. The van der Waals surface area contributed by atoms with E-state index in [1.54, 1.807) is 11.0 Å². The van der Waals surface area contributed by atoms with Crippen LogP contribution in [0.25, 0.3) is 0 Å². The molecule has 1 aliphatic heterocycles. The van der Waals surface area contributed by atoms with Crippen LogP contribution in [0, 0.1) is 0 Å². The number of aromatic nitrogens is 1. The van der Waals surface area contributed by atoms with Crippen LogP contribution >= 0.6 is 23.2 Å². The normalized spacial score (nSPS) is 16.8. The minimum Gasteiger partial charge on any atom is -0.378 e. The van der Waals surface area contributed by atoms with Crippen LogP contribution in [0.3, 0.4) is 0 Å². The molecule has 2 heterocycles. The number of halogens is 2. The molecule has 6 heteroatoms. The van der Waals surface area contributed by atoms with Crippen molar-refractivity contribution in [1.82, 2.24) is 9.88 Å². The third-order valence-electron chi connectivity index (χ3n) is 2.25. The molecule has 0 spiro atoms. The maximum absolute atomic E-state index is 11.9. The number of aromatic amines is 1. The SMILES string of the molecule is O=C(c1cc(Cl)c(Cl)[nH]1)N1CCOCC1. The lowest BCUT2D eigenvalue weighted by atomic mass is 10.3. The summed E-state index contributed by atoms with van der Waals surface area (Å²) in [5.41, 5.74) is 0.423. The minimum atomic E-state index is -0.0906. The van der Waals surface area contributed by atoms with Gasteiger partial charge in [0.15, 0.2) is 0 Å². The summed E-state index contributed by atoms with van der Waals surface area (Å²) >= 11 is 11.5. The highest BCUT2D eigenvalue weighted by atomic mass is 35.5. The molecular formula is C9H10Cl2N2O2. The summed E-state index contributed by atoms with van der Waals surface area (Å²) in [5.74, 6) is -0.0906. The van der Waals surface area contributed by atoms with Gasteiger partial charge in [0, 0.05) is 13.1 Å². The predicted molar refractivity (Wildman–Crippen MR) is 57.5 cm³/mol. The highest BCUT2D eigenvalue weighted by Gasteiger charge is 2.20. The Labute approximate surface area is 97.1 Å². The molecule has 1 aromatic heterocycles. The van der Waals surface area contributed by atoms with E-state index in [9.17, 15) is 4.79 Å². The van der Waals surface area contributed by atoms with Crippen LogP contribution in [0.1, 0.15) is 10.5 Å². The molecule has 15 heavy (non-hydrogen) atoms. The molecular weight excluding hydrogens is 239 g/mol. The van der Waals surface area contributed by atoms with Gasteiger partial charge in [-0.05, 0) is 6.07 Å². The maximum atomic E-state index is 11.9. The van der Waals surface area contributed by atoms with Crippen molar-refractivity contribution in [3.8, 4) is 0 Å². The molecule has 1 amide bonds. The number of morpholine rings is 1. The Hall–Kier alpha value is -0.710. The molecule has 2 rings (SSSR count). The largest absolute Gasteiger partial charge is 0.378 e. The topological polar surface area (TPSA) is 45.3 Å². The Bertz CT molecular complexity index is 353. The quantitative estimate of drug-likeness (QED) is 0.824. The van der Waals surface area contributed by atoms with Crippen LogP contribution in [0.15, 0.2) is 6.07 Å². The summed E-state index contributed by atoms with van der Waals surface area (Å²) in [6.07, 6.45) is 0. The summed E-state index contributed by atoms with van der Waals surface area (Å²) in [6, 6.07) is 1.54. The van der Waals surface area contributed by atoms with Gasteiger partial charge in [-0.2, -0.15) is 0 Å². The number of nitrogens with one attached hydrogen (secondary N) is 1. The summed E-state index contributed by atoms with van der Waals surface area (Å²) in [7, 11) is 0. The molecule has 0 aromatic carbocycles. The van der Waals surface area contributed by atoms with Gasteiger partial charge in [0.25, 0.3) is 5.91 Å². The van der Waals surface area contributed by atoms with E-state index in [-0.39, 0.29) is 5.91 Å². The number of carbonyl (C=O) groups is 1. The van der Waals surface area contributed by atoms with Crippen LogP contribution in [0.4, 0.5) is 0 Å². The fraction of sp³-hybridized carbons (Fsp3) is 0.444. The van der Waals surface area contributed by atoms with Crippen molar-refractivity contribution in [2.45, 2.75) is 0 Å². The van der Waals surface area contributed by atoms with Crippen LogP contribution in [-0.4, -0.2) is 42.1 Å². The predicted octanol–water partition coefficient (Wildman–Crippen LogP) is 1.79. The van der Waals surface area contributed by atoms with Gasteiger partial charge in [0.05, 0.1) is 18.2 Å². The lowest BCUT2D eigenvalue weighted by Gasteiger charge is -2.26. The van der Waals surface area contributed by atoms with Gasteiger partial charge in [0.1, 0.15) is 10.8 Å². The van der Waals surface area contributed by atoms with E-state index < -0.39 is 0 Å². The number of hydrogen-bond donors (Lipinski definition) is 1. The molecule has 0 aliphatic carbocycles. The van der Waals surface area contributed by atoms with E-state index in [0.717, 1.165) is 0 Å². The summed E-state index contributed by atoms with van der Waals surface area (Å²) in [5, 5.41) is 0.668. The van der Waals surface area contributed by atoms with Gasteiger partial charge in [-0.1, -0.05) is 23.2 Å². The first-order valence-electron chi connectivity index (χ1n) is 4.59. The Morgan fingerprint density at radius 1 is 1.40 bits per heavy atom. The Morgan fingerprint density at radius 3 is 2.60 bits per heavy atom. The third-order valence-corrected chi connectivity index (χ3v) is 2.95. The van der Waals surface area contributed by atoms with Gasteiger partial charge in [-0.25, -0.2) is 0 Å². The zero-order chi connectivity index (χ0) is 10.8. The molecule has 0 bridgehead atoms. The van der Waals surface area contributed by atoms with Crippen molar-refractivity contribution in [2.75, 3.05) is 26.3 Å². The van der Waals surface area contributed by atoms with E-state index in [2.05, 4.69) is 4.98 Å². The van der Waals surface area contributed by atoms with Crippen LogP contribution in [-0.2, 0) is 4.74 Å². The first-order valence-corrected chi connectivity index (χ1v) is 5.35. The second-order valence-electron chi connectivity index (χ2n) is 3.25. The minimum absolute atomic E-state index is 0.0906. The Morgan fingerprint density at radius 2 is 2.07 bits per heavy atom. The zero-order valence-electron chi connectivity index (χ0n) is 7.93. The van der Waals surface area contributed by atoms with Gasteiger partial charge in [0.2, 0.25) is 0 Å². The van der Waals surface area contributed by atoms with Crippen LogP contribution in [0.5, 0.6) is 0 Å². The van der Waals surface area contributed by atoms with Gasteiger partial charge in [-0.3, -0.25) is 4.79 Å². The lowest BCUT2D eigenvalue weighted by Crippen LogP contribution is -2.40. The highest BCUT2D eigenvalue weighted by Crippen LogP contribution is 2.22. The molecule has 1 aliphatic rings. The molecule has 4 nitrogen and oxygen atoms in total. The molecule has 0 unspecified atom stereocenters. The van der Waals surface area contributed by atoms with E-state index in [0.29, 0.717) is 42.2 Å². The number of nitrogens with zero attached hydrogens (tertiary/aromatic N) is 1. The fourth-order valence-corrected chi connectivity index (χ4v) is 1.77. The van der Waals surface area contributed by atoms with E-state index in [4.69, 9.17) is 27.9 Å². The van der Waals surface area contributed by atoms with Crippen molar-refractivity contribution in [3.63, 3.8) is 0 Å². The molecule has 82 valence electrons. The van der Waals surface area contributed by atoms with Crippen molar-refractivity contribution in [2.24, 2.45) is 0 Å². The molecule has 1 N–H and O–H groups in total. The third kappa shape index (κ3) is 2.27. The second-order valence-corrected chi connectivity index (χ2v) is 4.03. The average Bonchev–Trinajstić information content (AvgIpc) is 2.59. The maximum Gasteiger partial charge on any atom is 0.270 e. The molecule has 1 aromatic rings. The van der Waals surface area contributed by atoms with Gasteiger partial charge < -0.3 is 14.6 Å². The smallest absolute Gasteiger partial charge is 0.270 e. The number of H-pyrrole nitrogens is 1. The van der Waals surface area contributed by atoms with Crippen LogP contribution < -0.4 is 0 Å². The molecule has 0 saturated carbocycles. The monoisotopic (exact) mass is 248 g/mol. The molecule has 1 fully saturated rings. The molecule has 0 atom stereocenters. The highest BCUT2D eigenvalue weighted by molar-refractivity contribution is 6.41. The van der Waals surface area contributed by atoms with Crippen molar-refractivity contribution < 1.29 is 9.53 Å². The molecule has 0 radical (unpaired) electrons. The number of hydrogen-bond acceptors (Lipinski definition) is 2. The fourth-order valence-electron chi connectivity index (χ4n) is 1.46.